The molecule has 3 rings (SSSR count). The molecule has 26 heavy (non-hydrogen) atoms. The summed E-state index contributed by atoms with van der Waals surface area (Å²) >= 11 is 0. The van der Waals surface area contributed by atoms with Crippen molar-refractivity contribution in [2.75, 3.05) is 59.4 Å². The fraction of sp³-hybridized carbons (Fsp3) is 1.00. The van der Waals surface area contributed by atoms with Gasteiger partial charge in [0.2, 0.25) is 0 Å². The molecule has 1 unspecified atom stereocenters. The smallest absolute Gasteiger partial charge is 0.0110 e. The van der Waals surface area contributed by atoms with Crippen LogP contribution in [0.3, 0.4) is 0 Å². The number of piperidine rings is 1. The van der Waals surface area contributed by atoms with Gasteiger partial charge in [-0.3, -0.25) is 0 Å². The van der Waals surface area contributed by atoms with Gasteiger partial charge in [-0.25, -0.2) is 0 Å². The summed E-state index contributed by atoms with van der Waals surface area (Å²) in [6.45, 7) is 17.9. The van der Waals surface area contributed by atoms with E-state index in [0.717, 1.165) is 5.92 Å². The number of hydrogen-bond acceptors (Lipinski definition) is 3. The van der Waals surface area contributed by atoms with E-state index in [1.165, 1.54) is 104 Å². The van der Waals surface area contributed by atoms with E-state index >= 15 is 0 Å². The van der Waals surface area contributed by atoms with Crippen molar-refractivity contribution >= 4 is 0 Å². The molecular formula is C23H45N3. The highest BCUT2D eigenvalue weighted by molar-refractivity contribution is 4.97. The molecule has 3 fully saturated rings. The second-order valence-corrected chi connectivity index (χ2v) is 10.6. The first kappa shape index (κ1) is 20.6. The topological polar surface area (TPSA) is 9.72 Å². The monoisotopic (exact) mass is 363 g/mol. The number of rotatable bonds is 9. The zero-order chi connectivity index (χ0) is 18.6. The predicted molar refractivity (Wildman–Crippen MR) is 113 cm³/mol. The molecule has 2 aliphatic heterocycles. The minimum Gasteiger partial charge on any atom is -0.304 e. The number of likely N-dealkylation sites (tertiary alicyclic amines) is 1. The van der Waals surface area contributed by atoms with Gasteiger partial charge in [0.1, 0.15) is 0 Å². The van der Waals surface area contributed by atoms with Crippen molar-refractivity contribution in [3.63, 3.8) is 0 Å². The summed E-state index contributed by atoms with van der Waals surface area (Å²) in [6.07, 6.45) is 11.5. The number of nitrogens with zero attached hydrogens (tertiary/aromatic N) is 3. The largest absolute Gasteiger partial charge is 0.304 e. The Morgan fingerprint density at radius 3 is 2.12 bits per heavy atom. The Morgan fingerprint density at radius 2 is 1.54 bits per heavy atom. The zero-order valence-electron chi connectivity index (χ0n) is 18.2. The SMILES string of the molecule is CCCC(C)CC1(CN2CCC(C)(CCN3CCN(C)CC3)CC2)CC1. The predicted octanol–water partition coefficient (Wildman–Crippen LogP) is 4.33. The molecule has 0 amide bonds. The van der Waals surface area contributed by atoms with Gasteiger partial charge in [-0.15, -0.1) is 0 Å². The Morgan fingerprint density at radius 1 is 0.885 bits per heavy atom. The van der Waals surface area contributed by atoms with Gasteiger partial charge < -0.3 is 14.7 Å². The molecule has 0 N–H and O–H groups in total. The fourth-order valence-corrected chi connectivity index (χ4v) is 5.41. The van der Waals surface area contributed by atoms with Gasteiger partial charge in [0.15, 0.2) is 0 Å². The summed E-state index contributed by atoms with van der Waals surface area (Å²) in [4.78, 5) is 7.99. The van der Waals surface area contributed by atoms with Crippen LogP contribution in [0.25, 0.3) is 0 Å². The fourth-order valence-electron chi connectivity index (χ4n) is 5.41. The van der Waals surface area contributed by atoms with Gasteiger partial charge in [0.25, 0.3) is 0 Å². The summed E-state index contributed by atoms with van der Waals surface area (Å²) < 4.78 is 0. The minimum atomic E-state index is 0.589. The molecule has 1 atom stereocenters. The standard InChI is InChI=1S/C23H45N3/c1-5-6-21(2)19-23(7-8-23)20-26-13-10-22(3,11-14-26)9-12-25-17-15-24(4)16-18-25/h21H,5-20H2,1-4H3. The molecule has 1 aliphatic carbocycles. The first-order chi connectivity index (χ1) is 12.4. The highest BCUT2D eigenvalue weighted by Crippen LogP contribution is 2.52. The summed E-state index contributed by atoms with van der Waals surface area (Å²) in [7, 11) is 2.25. The van der Waals surface area contributed by atoms with E-state index in [0.29, 0.717) is 10.8 Å². The first-order valence-corrected chi connectivity index (χ1v) is 11.6. The lowest BCUT2D eigenvalue weighted by Gasteiger charge is -2.42. The van der Waals surface area contributed by atoms with Crippen LogP contribution in [0.1, 0.15) is 72.1 Å². The van der Waals surface area contributed by atoms with Crippen molar-refractivity contribution in [3.05, 3.63) is 0 Å². The van der Waals surface area contributed by atoms with Crippen LogP contribution in [0, 0.1) is 16.7 Å². The number of piperazine rings is 1. The molecule has 152 valence electrons. The Kier molecular flexibility index (Phi) is 7.07. The summed E-state index contributed by atoms with van der Waals surface area (Å²) in [5.41, 5.74) is 1.30. The van der Waals surface area contributed by atoms with Gasteiger partial charge in [-0.2, -0.15) is 0 Å². The van der Waals surface area contributed by atoms with Gasteiger partial charge in [0, 0.05) is 32.7 Å². The molecule has 1 saturated carbocycles. The molecule has 0 spiro atoms. The maximum absolute atomic E-state index is 2.82. The number of hydrogen-bond donors (Lipinski definition) is 0. The maximum atomic E-state index is 2.82. The minimum absolute atomic E-state index is 0.589. The third-order valence-electron chi connectivity index (χ3n) is 7.77. The summed E-state index contributed by atoms with van der Waals surface area (Å²) in [5, 5.41) is 0. The van der Waals surface area contributed by atoms with E-state index in [4.69, 9.17) is 0 Å². The van der Waals surface area contributed by atoms with Crippen molar-refractivity contribution in [2.45, 2.75) is 72.1 Å². The molecule has 3 aliphatic rings. The lowest BCUT2D eigenvalue weighted by atomic mass is 9.77. The van der Waals surface area contributed by atoms with Gasteiger partial charge in [0.05, 0.1) is 0 Å². The average molecular weight is 364 g/mol. The van der Waals surface area contributed by atoms with Crippen LogP contribution >= 0.6 is 0 Å². The molecule has 2 heterocycles. The summed E-state index contributed by atoms with van der Waals surface area (Å²) in [6, 6.07) is 0. The highest BCUT2D eigenvalue weighted by Gasteiger charge is 2.45. The molecule has 0 aromatic rings. The van der Waals surface area contributed by atoms with Crippen LogP contribution in [0.5, 0.6) is 0 Å². The second kappa shape index (κ2) is 8.92. The Hall–Kier alpha value is -0.120. The van der Waals surface area contributed by atoms with Crippen molar-refractivity contribution in [3.8, 4) is 0 Å². The van der Waals surface area contributed by atoms with Crippen LogP contribution in [-0.4, -0.2) is 74.1 Å². The molecule has 2 saturated heterocycles. The normalized spacial score (nSPS) is 28.2. The van der Waals surface area contributed by atoms with Gasteiger partial charge in [-0.05, 0) is 82.0 Å². The molecular weight excluding hydrogens is 318 g/mol. The van der Waals surface area contributed by atoms with Crippen LogP contribution in [0.4, 0.5) is 0 Å². The van der Waals surface area contributed by atoms with Crippen molar-refractivity contribution in [1.82, 2.24) is 14.7 Å². The van der Waals surface area contributed by atoms with Crippen molar-refractivity contribution in [2.24, 2.45) is 16.7 Å². The Bertz CT molecular complexity index is 415. The quantitative estimate of drug-likeness (QED) is 0.603. The molecule has 0 radical (unpaired) electrons. The van der Waals surface area contributed by atoms with Crippen LogP contribution in [0.15, 0.2) is 0 Å². The van der Waals surface area contributed by atoms with Crippen LogP contribution in [-0.2, 0) is 0 Å². The Labute approximate surface area is 163 Å². The molecule has 0 aromatic heterocycles. The molecule has 0 aromatic carbocycles. The third-order valence-corrected chi connectivity index (χ3v) is 7.77. The zero-order valence-corrected chi connectivity index (χ0v) is 18.2. The lowest BCUT2D eigenvalue weighted by Crippen LogP contribution is -2.46. The van der Waals surface area contributed by atoms with E-state index in [1.54, 1.807) is 0 Å². The maximum Gasteiger partial charge on any atom is 0.0110 e. The molecule has 3 heteroatoms. The van der Waals surface area contributed by atoms with E-state index in [-0.39, 0.29) is 0 Å². The average Bonchev–Trinajstić information content (AvgIpc) is 3.36. The van der Waals surface area contributed by atoms with Crippen molar-refractivity contribution in [1.29, 1.82) is 0 Å². The van der Waals surface area contributed by atoms with Gasteiger partial charge >= 0.3 is 0 Å². The highest BCUT2D eigenvalue weighted by atomic mass is 15.2. The summed E-state index contributed by atoms with van der Waals surface area (Å²) in [5.74, 6) is 0.932. The van der Waals surface area contributed by atoms with E-state index in [9.17, 15) is 0 Å². The number of likely N-dealkylation sites (N-methyl/N-ethyl adjacent to an activating group) is 1. The second-order valence-electron chi connectivity index (χ2n) is 10.6. The Balaban J connectivity index is 1.37. The van der Waals surface area contributed by atoms with Gasteiger partial charge in [-0.1, -0.05) is 33.6 Å². The van der Waals surface area contributed by atoms with Crippen LogP contribution < -0.4 is 0 Å². The van der Waals surface area contributed by atoms with E-state index < -0.39 is 0 Å². The first-order valence-electron chi connectivity index (χ1n) is 11.6. The van der Waals surface area contributed by atoms with Crippen molar-refractivity contribution < 1.29 is 0 Å². The molecule has 3 nitrogen and oxygen atoms in total. The third kappa shape index (κ3) is 5.94. The van der Waals surface area contributed by atoms with Crippen LogP contribution in [0.2, 0.25) is 0 Å². The van der Waals surface area contributed by atoms with E-state index in [2.05, 4.69) is 42.5 Å². The van der Waals surface area contributed by atoms with E-state index in [1.807, 2.05) is 0 Å². The molecule has 0 bridgehead atoms. The lowest BCUT2D eigenvalue weighted by molar-refractivity contribution is 0.0710.